The Morgan fingerprint density at radius 2 is 2.00 bits per heavy atom. The van der Waals surface area contributed by atoms with Crippen molar-refractivity contribution in [3.63, 3.8) is 0 Å². The number of carbonyl (C=O) groups is 1. The van der Waals surface area contributed by atoms with Crippen LogP contribution in [0.15, 0.2) is 24.3 Å². The van der Waals surface area contributed by atoms with E-state index < -0.39 is 0 Å². The number of amides is 1. The molecule has 1 heterocycles. The molecule has 1 saturated heterocycles. The molecule has 152 valence electrons. The molecule has 3 rings (SSSR count). The number of hydrogen-bond donors (Lipinski definition) is 2. The normalized spacial score (nSPS) is 18.1. The van der Waals surface area contributed by atoms with Crippen LogP contribution in [-0.4, -0.2) is 56.2 Å². The molecule has 0 bridgehead atoms. The lowest BCUT2D eigenvalue weighted by Gasteiger charge is -2.27. The zero-order valence-electron chi connectivity index (χ0n) is 16.3. The summed E-state index contributed by atoms with van der Waals surface area (Å²) in [4.78, 5) is 14.5. The second-order valence-corrected chi connectivity index (χ2v) is 7.47. The highest BCUT2D eigenvalue weighted by molar-refractivity contribution is 5.85. The van der Waals surface area contributed by atoms with Gasteiger partial charge in [-0.3, -0.25) is 4.79 Å². The lowest BCUT2D eigenvalue weighted by molar-refractivity contribution is -0.121. The van der Waals surface area contributed by atoms with E-state index in [1.165, 1.54) is 31.2 Å². The number of nitrogens with zero attached hydrogens (tertiary/aromatic N) is 1. The Bertz CT molecular complexity index is 558. The maximum Gasteiger partial charge on any atom is 0.220 e. The number of halogens is 1. The minimum atomic E-state index is 0. The van der Waals surface area contributed by atoms with Crippen molar-refractivity contribution in [2.24, 2.45) is 0 Å². The smallest absolute Gasteiger partial charge is 0.220 e. The molecule has 1 aliphatic heterocycles. The van der Waals surface area contributed by atoms with Gasteiger partial charge in [0.05, 0.1) is 6.10 Å². The minimum absolute atomic E-state index is 0. The van der Waals surface area contributed by atoms with Crippen molar-refractivity contribution in [1.82, 2.24) is 15.5 Å². The molecule has 0 unspecified atom stereocenters. The van der Waals surface area contributed by atoms with Crippen molar-refractivity contribution < 1.29 is 9.53 Å². The first-order valence-electron chi connectivity index (χ1n) is 10.2. The molecule has 2 aliphatic rings. The highest BCUT2D eigenvalue weighted by Gasteiger charge is 2.16. The molecule has 1 saturated carbocycles. The fourth-order valence-electron chi connectivity index (χ4n) is 3.78. The van der Waals surface area contributed by atoms with E-state index in [0.717, 1.165) is 57.9 Å². The molecule has 1 aromatic carbocycles. The molecular formula is C21H34ClN3O2. The maximum atomic E-state index is 12.1. The molecule has 1 aliphatic carbocycles. The summed E-state index contributed by atoms with van der Waals surface area (Å²) in [6, 6.07) is 8.23. The Kier molecular flexibility index (Phi) is 9.95. The zero-order valence-corrected chi connectivity index (χ0v) is 17.1. The van der Waals surface area contributed by atoms with Crippen molar-refractivity contribution in [2.75, 3.05) is 39.3 Å². The number of carbonyl (C=O) groups excluding carboxylic acids is 1. The highest BCUT2D eigenvalue weighted by Crippen LogP contribution is 2.24. The molecule has 1 amide bonds. The molecule has 6 heteroatoms. The fraction of sp³-hybridized carbons (Fsp3) is 0.667. The zero-order chi connectivity index (χ0) is 18.0. The van der Waals surface area contributed by atoms with Crippen molar-refractivity contribution in [3.05, 3.63) is 29.8 Å². The topological polar surface area (TPSA) is 53.6 Å². The van der Waals surface area contributed by atoms with E-state index >= 15 is 0 Å². The average molecular weight is 396 g/mol. The van der Waals surface area contributed by atoms with E-state index in [0.29, 0.717) is 12.5 Å². The van der Waals surface area contributed by atoms with Crippen LogP contribution in [0.5, 0.6) is 5.75 Å². The second kappa shape index (κ2) is 12.2. The van der Waals surface area contributed by atoms with E-state index in [9.17, 15) is 4.79 Å². The summed E-state index contributed by atoms with van der Waals surface area (Å²) in [5, 5.41) is 6.41. The van der Waals surface area contributed by atoms with Gasteiger partial charge in [0.1, 0.15) is 5.75 Å². The molecule has 2 N–H and O–H groups in total. The molecule has 0 aromatic heterocycles. The predicted molar refractivity (Wildman–Crippen MR) is 112 cm³/mol. The third kappa shape index (κ3) is 8.08. The first kappa shape index (κ1) is 22.0. The molecule has 0 radical (unpaired) electrons. The van der Waals surface area contributed by atoms with Crippen LogP contribution in [-0.2, 0) is 11.2 Å². The highest BCUT2D eigenvalue weighted by atomic mass is 35.5. The van der Waals surface area contributed by atoms with Gasteiger partial charge in [-0.25, -0.2) is 0 Å². The van der Waals surface area contributed by atoms with Crippen LogP contribution in [0.25, 0.3) is 0 Å². The largest absolute Gasteiger partial charge is 0.490 e. The molecule has 5 nitrogen and oxygen atoms in total. The quantitative estimate of drug-likeness (QED) is 0.631. The van der Waals surface area contributed by atoms with Crippen LogP contribution in [0.1, 0.15) is 44.1 Å². The van der Waals surface area contributed by atoms with E-state index in [2.05, 4.69) is 27.7 Å². The van der Waals surface area contributed by atoms with Crippen LogP contribution < -0.4 is 15.4 Å². The van der Waals surface area contributed by atoms with Crippen LogP contribution in [0, 0.1) is 0 Å². The minimum Gasteiger partial charge on any atom is -0.490 e. The van der Waals surface area contributed by atoms with Gasteiger partial charge in [-0.2, -0.15) is 0 Å². The molecule has 27 heavy (non-hydrogen) atoms. The van der Waals surface area contributed by atoms with Gasteiger partial charge < -0.3 is 20.3 Å². The summed E-state index contributed by atoms with van der Waals surface area (Å²) in [5.74, 6) is 1.10. The van der Waals surface area contributed by atoms with Gasteiger partial charge >= 0.3 is 0 Å². The lowest BCUT2D eigenvalue weighted by Crippen LogP contribution is -2.44. The number of benzene rings is 1. The monoisotopic (exact) mass is 395 g/mol. The van der Waals surface area contributed by atoms with Crippen molar-refractivity contribution >= 4 is 18.3 Å². The fourth-order valence-corrected chi connectivity index (χ4v) is 3.78. The predicted octanol–water partition coefficient (Wildman–Crippen LogP) is 2.77. The Hall–Kier alpha value is -1.30. The van der Waals surface area contributed by atoms with E-state index in [1.807, 2.05) is 12.1 Å². The third-order valence-electron chi connectivity index (χ3n) is 5.33. The molecular weight excluding hydrogens is 362 g/mol. The molecule has 0 atom stereocenters. The van der Waals surface area contributed by atoms with Gasteiger partial charge in [-0.1, -0.05) is 12.1 Å². The lowest BCUT2D eigenvalue weighted by atomic mass is 10.1. The second-order valence-electron chi connectivity index (χ2n) is 7.47. The number of ether oxygens (including phenoxy) is 1. The number of aryl methyl sites for hydroxylation is 1. The molecule has 1 aromatic rings. The standard InChI is InChI=1S/C21H33N3O2.ClH/c25-21(23-11-4-14-24-15-12-22-13-16-24)10-9-18-5-3-8-20(17-18)26-19-6-1-2-7-19;/h3,5,8,17,19,22H,1-2,4,6-7,9-16H2,(H,23,25);1H. The van der Waals surface area contributed by atoms with E-state index in [4.69, 9.17) is 4.74 Å². The van der Waals surface area contributed by atoms with E-state index in [-0.39, 0.29) is 18.3 Å². The van der Waals surface area contributed by atoms with Gasteiger partial charge in [0, 0.05) is 39.1 Å². The van der Waals surface area contributed by atoms with Crippen molar-refractivity contribution in [1.29, 1.82) is 0 Å². The Balaban J connectivity index is 0.00000261. The Labute approximate surface area is 169 Å². The Morgan fingerprint density at radius 3 is 2.78 bits per heavy atom. The summed E-state index contributed by atoms with van der Waals surface area (Å²) in [7, 11) is 0. The van der Waals surface area contributed by atoms with Gasteiger partial charge in [0.25, 0.3) is 0 Å². The van der Waals surface area contributed by atoms with Crippen LogP contribution in [0.3, 0.4) is 0 Å². The van der Waals surface area contributed by atoms with Gasteiger partial charge in [0.15, 0.2) is 0 Å². The third-order valence-corrected chi connectivity index (χ3v) is 5.33. The Morgan fingerprint density at radius 1 is 1.22 bits per heavy atom. The summed E-state index contributed by atoms with van der Waals surface area (Å²) in [6.45, 7) is 6.24. The first-order valence-corrected chi connectivity index (χ1v) is 10.2. The van der Waals surface area contributed by atoms with Crippen molar-refractivity contribution in [2.45, 2.75) is 51.0 Å². The van der Waals surface area contributed by atoms with Gasteiger partial charge in [-0.15, -0.1) is 12.4 Å². The first-order chi connectivity index (χ1) is 12.8. The summed E-state index contributed by atoms with van der Waals surface area (Å²) in [6.07, 6.45) is 7.60. The molecule has 2 fully saturated rings. The summed E-state index contributed by atoms with van der Waals surface area (Å²) in [5.41, 5.74) is 1.18. The summed E-state index contributed by atoms with van der Waals surface area (Å²) < 4.78 is 6.05. The van der Waals surface area contributed by atoms with Crippen molar-refractivity contribution in [3.8, 4) is 5.75 Å². The van der Waals surface area contributed by atoms with E-state index in [1.54, 1.807) is 0 Å². The SMILES string of the molecule is Cl.O=C(CCc1cccc(OC2CCCC2)c1)NCCCN1CCNCC1. The number of hydrogen-bond acceptors (Lipinski definition) is 4. The van der Waals surface area contributed by atoms with Gasteiger partial charge in [0.2, 0.25) is 5.91 Å². The number of rotatable bonds is 9. The molecule has 0 spiro atoms. The number of piperazine rings is 1. The van der Waals surface area contributed by atoms with Gasteiger partial charge in [-0.05, 0) is 62.8 Å². The maximum absolute atomic E-state index is 12.1. The van der Waals surface area contributed by atoms with Crippen LogP contribution in [0.4, 0.5) is 0 Å². The average Bonchev–Trinajstić information content (AvgIpc) is 3.18. The van der Waals surface area contributed by atoms with Crippen LogP contribution >= 0.6 is 12.4 Å². The van der Waals surface area contributed by atoms with Crippen LogP contribution in [0.2, 0.25) is 0 Å². The number of nitrogens with one attached hydrogen (secondary N) is 2. The summed E-state index contributed by atoms with van der Waals surface area (Å²) >= 11 is 0.